The summed E-state index contributed by atoms with van der Waals surface area (Å²) in [5, 5.41) is 0. The van der Waals surface area contributed by atoms with E-state index in [1.54, 1.807) is 0 Å². The Kier molecular flexibility index (Phi) is 13.3. The minimum Gasteiger partial charge on any atom is -0.320 e. The van der Waals surface area contributed by atoms with Crippen molar-refractivity contribution in [3.63, 3.8) is 0 Å². The Morgan fingerprint density at radius 3 is 0.962 bits per heavy atom. The highest BCUT2D eigenvalue weighted by Gasteiger charge is 2.38. The number of fused-ring (bicyclic) bond motifs is 6. The van der Waals surface area contributed by atoms with Crippen molar-refractivity contribution in [2.75, 3.05) is 91.6 Å². The van der Waals surface area contributed by atoms with Crippen molar-refractivity contribution >= 4 is 67.9 Å². The van der Waals surface area contributed by atoms with Crippen LogP contribution in [0.15, 0.2) is 0 Å². The van der Waals surface area contributed by atoms with Crippen LogP contribution in [0.2, 0.25) is 0 Å². The molecule has 4 bridgehead atoms. The van der Waals surface area contributed by atoms with E-state index in [1.807, 2.05) is 0 Å². The highest BCUT2D eigenvalue weighted by atomic mass is 79.9. The minimum atomic E-state index is 0. The van der Waals surface area contributed by atoms with Gasteiger partial charge < -0.3 is 8.97 Å². The first-order valence-corrected chi connectivity index (χ1v) is 9.93. The van der Waals surface area contributed by atoms with Gasteiger partial charge in [0.05, 0.1) is 52.4 Å². The monoisotopic (exact) mass is 628 g/mol. The van der Waals surface area contributed by atoms with Crippen molar-refractivity contribution < 1.29 is 8.97 Å². The average Bonchev–Trinajstić information content (AvgIpc) is 2.61. The third-order valence-corrected chi connectivity index (χ3v) is 7.36. The number of hydrogen-bond donors (Lipinski definition) is 0. The summed E-state index contributed by atoms with van der Waals surface area (Å²) in [5.74, 6) is 0. The summed E-state index contributed by atoms with van der Waals surface area (Å²) in [6.07, 6.45) is 5.92. The molecule has 0 unspecified atom stereocenters. The molecule has 0 aromatic rings. The van der Waals surface area contributed by atoms with E-state index in [9.17, 15) is 0 Å². The van der Waals surface area contributed by atoms with Gasteiger partial charge in [0.2, 0.25) is 0 Å². The summed E-state index contributed by atoms with van der Waals surface area (Å²) < 4.78 is 2.93. The van der Waals surface area contributed by atoms with Gasteiger partial charge >= 0.3 is 0 Å². The molecule has 6 aliphatic heterocycles. The number of nitrogens with zero attached hydrogens (tertiary/aromatic N) is 4. The summed E-state index contributed by atoms with van der Waals surface area (Å²) in [5.41, 5.74) is 0. The van der Waals surface area contributed by atoms with E-state index in [-0.39, 0.29) is 67.9 Å². The van der Waals surface area contributed by atoms with Crippen LogP contribution in [-0.2, 0) is 0 Å². The highest BCUT2D eigenvalue weighted by molar-refractivity contribution is 8.93. The second kappa shape index (κ2) is 12.5. The van der Waals surface area contributed by atoms with Crippen LogP contribution < -0.4 is 0 Å². The zero-order valence-electron chi connectivity index (χ0n) is 16.1. The van der Waals surface area contributed by atoms with Crippen LogP contribution >= 0.6 is 67.9 Å². The van der Waals surface area contributed by atoms with Crippen LogP contribution in [0, 0.1) is 0 Å². The second-order valence-corrected chi connectivity index (χ2v) is 8.57. The van der Waals surface area contributed by atoms with E-state index in [0.29, 0.717) is 0 Å². The third kappa shape index (κ3) is 6.64. The van der Waals surface area contributed by atoms with Gasteiger partial charge in [-0.25, -0.2) is 0 Å². The van der Waals surface area contributed by atoms with Gasteiger partial charge in [-0.15, -0.1) is 67.9 Å². The van der Waals surface area contributed by atoms with Crippen molar-refractivity contribution in [1.29, 1.82) is 0 Å². The van der Waals surface area contributed by atoms with Crippen molar-refractivity contribution in [2.45, 2.75) is 25.7 Å². The van der Waals surface area contributed by atoms with Crippen LogP contribution in [0.5, 0.6) is 0 Å². The van der Waals surface area contributed by atoms with Gasteiger partial charge in [-0.2, -0.15) is 0 Å². The Balaban J connectivity index is 0.00000156. The van der Waals surface area contributed by atoms with E-state index in [1.165, 1.54) is 126 Å². The molecule has 26 heavy (non-hydrogen) atoms. The van der Waals surface area contributed by atoms with Crippen LogP contribution in [-0.4, -0.2) is 110 Å². The fourth-order valence-corrected chi connectivity index (χ4v) is 5.38. The number of piperazine rings is 6. The highest BCUT2D eigenvalue weighted by Crippen LogP contribution is 2.22. The number of halogens is 4. The Morgan fingerprint density at radius 2 is 0.692 bits per heavy atom. The molecular weight excluding hydrogens is 592 g/mol. The smallest absolute Gasteiger partial charge is 0.0916 e. The lowest BCUT2D eigenvalue weighted by molar-refractivity contribution is -0.941. The van der Waals surface area contributed by atoms with E-state index < -0.39 is 0 Å². The summed E-state index contributed by atoms with van der Waals surface area (Å²) in [4.78, 5) is 5.32. The van der Waals surface area contributed by atoms with Crippen LogP contribution in [0.1, 0.15) is 25.7 Å². The SMILES string of the molecule is Br.Br.Br.Br.C(CCC[N+]12CCN(CC1)CC2)CC[N+]12CCN(CC1)CC2. The lowest BCUT2D eigenvalue weighted by atomic mass is 10.1. The first-order valence-electron chi connectivity index (χ1n) is 9.93. The zero-order valence-corrected chi connectivity index (χ0v) is 23.0. The van der Waals surface area contributed by atoms with Gasteiger partial charge in [-0.3, -0.25) is 9.80 Å². The fraction of sp³-hybridized carbons (Fsp3) is 1.00. The van der Waals surface area contributed by atoms with Crippen molar-refractivity contribution in [1.82, 2.24) is 9.80 Å². The third-order valence-electron chi connectivity index (χ3n) is 7.36. The van der Waals surface area contributed by atoms with Crippen molar-refractivity contribution in [3.8, 4) is 0 Å². The lowest BCUT2D eigenvalue weighted by Gasteiger charge is -2.51. The zero-order chi connectivity index (χ0) is 14.9. The largest absolute Gasteiger partial charge is 0.320 e. The molecule has 6 rings (SSSR count). The summed E-state index contributed by atoms with van der Waals surface area (Å²) in [7, 11) is 0. The summed E-state index contributed by atoms with van der Waals surface area (Å²) >= 11 is 0. The molecule has 0 radical (unpaired) electrons. The average molecular weight is 632 g/mol. The van der Waals surface area contributed by atoms with Crippen molar-refractivity contribution in [2.24, 2.45) is 0 Å². The molecule has 0 N–H and O–H groups in total. The molecule has 0 aromatic heterocycles. The number of unbranched alkanes of at least 4 members (excludes halogenated alkanes) is 3. The van der Waals surface area contributed by atoms with Gasteiger partial charge in [-0.1, -0.05) is 0 Å². The fourth-order valence-electron chi connectivity index (χ4n) is 5.38. The Morgan fingerprint density at radius 1 is 0.423 bits per heavy atom. The normalized spacial score (nSPS) is 36.9. The predicted molar refractivity (Wildman–Crippen MR) is 132 cm³/mol. The molecule has 8 heteroatoms. The molecule has 6 fully saturated rings. The molecule has 6 aliphatic rings. The lowest BCUT2D eigenvalue weighted by Crippen LogP contribution is -2.67. The minimum absolute atomic E-state index is 0. The van der Waals surface area contributed by atoms with Gasteiger partial charge in [0.25, 0.3) is 0 Å². The number of rotatable bonds is 7. The first-order chi connectivity index (χ1) is 10.8. The number of hydrogen-bond acceptors (Lipinski definition) is 2. The Labute approximate surface area is 202 Å². The molecule has 0 atom stereocenters. The molecule has 0 aromatic carbocycles. The number of quaternary nitrogens is 2. The second-order valence-electron chi connectivity index (χ2n) is 8.57. The molecule has 0 aliphatic carbocycles. The van der Waals surface area contributed by atoms with Gasteiger partial charge in [0.1, 0.15) is 0 Å². The van der Waals surface area contributed by atoms with Gasteiger partial charge in [0.15, 0.2) is 0 Å². The molecule has 6 heterocycles. The first kappa shape index (κ1) is 27.8. The topological polar surface area (TPSA) is 6.48 Å². The van der Waals surface area contributed by atoms with Crippen LogP contribution in [0.3, 0.4) is 0 Å². The van der Waals surface area contributed by atoms with Gasteiger partial charge in [-0.05, 0) is 25.7 Å². The van der Waals surface area contributed by atoms with E-state index in [4.69, 9.17) is 0 Å². The predicted octanol–water partition coefficient (Wildman–Crippen LogP) is 3.15. The van der Waals surface area contributed by atoms with E-state index in [0.717, 1.165) is 0 Å². The molecule has 6 saturated heterocycles. The van der Waals surface area contributed by atoms with E-state index in [2.05, 4.69) is 9.80 Å². The van der Waals surface area contributed by atoms with E-state index >= 15 is 0 Å². The quantitative estimate of drug-likeness (QED) is 0.315. The standard InChI is InChI=1S/C18H36N4.4BrH/c1(3-11-21-13-5-19(6-14-21)7-15-21)2-4-12-22-16-8-20(9-17-22)10-18-22;;;;/h1-18H2;4*1H/q+2;;;;. The van der Waals surface area contributed by atoms with Crippen molar-refractivity contribution in [3.05, 3.63) is 0 Å². The van der Waals surface area contributed by atoms with Gasteiger partial charge in [0, 0.05) is 39.3 Å². The molecule has 158 valence electrons. The summed E-state index contributed by atoms with van der Waals surface area (Å²) in [6.45, 7) is 19.8. The maximum atomic E-state index is 2.66. The molecular formula is C18H40Br4N4+2. The molecule has 0 amide bonds. The molecule has 0 spiro atoms. The molecule has 4 nitrogen and oxygen atoms in total. The molecule has 0 saturated carbocycles. The maximum absolute atomic E-state index is 2.66. The Hall–Kier alpha value is 1.76. The van der Waals surface area contributed by atoms with Crippen LogP contribution in [0.4, 0.5) is 0 Å². The summed E-state index contributed by atoms with van der Waals surface area (Å²) in [6, 6.07) is 0. The Bertz CT molecular complexity index is 320. The maximum Gasteiger partial charge on any atom is 0.0916 e. The van der Waals surface area contributed by atoms with Crippen LogP contribution in [0.25, 0.3) is 0 Å².